The molecule has 2 atom stereocenters. The number of aliphatic hydroxyl groups excluding tert-OH is 1. The van der Waals surface area contributed by atoms with Crippen LogP contribution in [0.1, 0.15) is 39.0 Å². The van der Waals surface area contributed by atoms with E-state index in [2.05, 4.69) is 5.32 Å². The molecule has 16 heavy (non-hydrogen) atoms. The highest BCUT2D eigenvalue weighted by molar-refractivity contribution is 5.75. The van der Waals surface area contributed by atoms with Gasteiger partial charge >= 0.3 is 0 Å². The van der Waals surface area contributed by atoms with E-state index in [1.165, 1.54) is 0 Å². The standard InChI is InChI=1S/C12H23NO3/c1-2-16-7-6-12(15)13-9-10-4-3-5-11(14)8-10/h10-11,14H,2-9H2,1H3,(H,13,15). The molecule has 0 aromatic heterocycles. The Labute approximate surface area is 97.4 Å². The fourth-order valence-electron chi connectivity index (χ4n) is 2.10. The third-order valence-electron chi connectivity index (χ3n) is 3.02. The second kappa shape index (κ2) is 7.63. The number of rotatable bonds is 6. The van der Waals surface area contributed by atoms with Gasteiger partial charge < -0.3 is 15.2 Å². The Morgan fingerprint density at radius 3 is 3.00 bits per heavy atom. The van der Waals surface area contributed by atoms with E-state index in [4.69, 9.17) is 4.74 Å². The second-order valence-corrected chi connectivity index (χ2v) is 4.44. The van der Waals surface area contributed by atoms with Gasteiger partial charge in [0, 0.05) is 19.6 Å². The van der Waals surface area contributed by atoms with Crippen molar-refractivity contribution in [3.8, 4) is 0 Å². The van der Waals surface area contributed by atoms with Crippen molar-refractivity contribution in [2.45, 2.75) is 45.1 Å². The molecular weight excluding hydrogens is 206 g/mol. The first-order valence-corrected chi connectivity index (χ1v) is 6.25. The van der Waals surface area contributed by atoms with Gasteiger partial charge in [-0.1, -0.05) is 6.42 Å². The van der Waals surface area contributed by atoms with Crippen LogP contribution in [0.2, 0.25) is 0 Å². The molecule has 4 heteroatoms. The molecule has 0 aromatic rings. The molecule has 1 rings (SSSR count). The summed E-state index contributed by atoms with van der Waals surface area (Å²) in [6.07, 6.45) is 4.19. The van der Waals surface area contributed by atoms with E-state index in [9.17, 15) is 9.90 Å². The molecule has 4 nitrogen and oxygen atoms in total. The maximum absolute atomic E-state index is 11.4. The van der Waals surface area contributed by atoms with Crippen molar-refractivity contribution < 1.29 is 14.6 Å². The Morgan fingerprint density at radius 1 is 1.50 bits per heavy atom. The molecule has 0 bridgehead atoms. The highest BCUT2D eigenvalue weighted by atomic mass is 16.5. The van der Waals surface area contributed by atoms with Crippen molar-refractivity contribution in [1.29, 1.82) is 0 Å². The molecule has 1 aliphatic rings. The quantitative estimate of drug-likeness (QED) is 0.670. The summed E-state index contributed by atoms with van der Waals surface area (Å²) in [6.45, 7) is 3.76. The van der Waals surface area contributed by atoms with Gasteiger partial charge in [0.15, 0.2) is 0 Å². The van der Waals surface area contributed by atoms with E-state index in [1.54, 1.807) is 0 Å². The van der Waals surface area contributed by atoms with E-state index >= 15 is 0 Å². The summed E-state index contributed by atoms with van der Waals surface area (Å²) in [5.74, 6) is 0.494. The lowest BCUT2D eigenvalue weighted by atomic mass is 9.87. The SMILES string of the molecule is CCOCCC(=O)NCC1CCCC(O)C1. The lowest BCUT2D eigenvalue weighted by Crippen LogP contribution is -2.33. The van der Waals surface area contributed by atoms with Crippen LogP contribution in [0.5, 0.6) is 0 Å². The first-order valence-electron chi connectivity index (χ1n) is 6.25. The molecule has 0 heterocycles. The predicted octanol–water partition coefficient (Wildman–Crippen LogP) is 1.08. The number of nitrogens with one attached hydrogen (secondary N) is 1. The number of amides is 1. The average Bonchev–Trinajstić information content (AvgIpc) is 2.27. The van der Waals surface area contributed by atoms with Crippen molar-refractivity contribution in [3.63, 3.8) is 0 Å². The van der Waals surface area contributed by atoms with Crippen LogP contribution in [0.15, 0.2) is 0 Å². The third-order valence-corrected chi connectivity index (χ3v) is 3.02. The van der Waals surface area contributed by atoms with Crippen molar-refractivity contribution >= 4 is 5.91 Å². The van der Waals surface area contributed by atoms with Gasteiger partial charge in [0.1, 0.15) is 0 Å². The fraction of sp³-hybridized carbons (Fsp3) is 0.917. The molecule has 1 saturated carbocycles. The minimum Gasteiger partial charge on any atom is -0.393 e. The number of carbonyl (C=O) groups is 1. The lowest BCUT2D eigenvalue weighted by Gasteiger charge is -2.25. The Morgan fingerprint density at radius 2 is 2.31 bits per heavy atom. The monoisotopic (exact) mass is 229 g/mol. The lowest BCUT2D eigenvalue weighted by molar-refractivity contribution is -0.122. The van der Waals surface area contributed by atoms with E-state index < -0.39 is 0 Å². The minimum absolute atomic E-state index is 0.0495. The summed E-state index contributed by atoms with van der Waals surface area (Å²) in [4.78, 5) is 11.4. The van der Waals surface area contributed by atoms with Crippen LogP contribution in [0.25, 0.3) is 0 Å². The molecule has 0 aromatic carbocycles. The number of aliphatic hydroxyl groups is 1. The molecule has 1 amide bonds. The van der Waals surface area contributed by atoms with E-state index in [-0.39, 0.29) is 12.0 Å². The van der Waals surface area contributed by atoms with E-state index in [1.807, 2.05) is 6.92 Å². The largest absolute Gasteiger partial charge is 0.393 e. The predicted molar refractivity (Wildman–Crippen MR) is 62.1 cm³/mol. The summed E-state index contributed by atoms with van der Waals surface area (Å²) < 4.78 is 5.11. The molecule has 94 valence electrons. The molecule has 0 spiro atoms. The van der Waals surface area contributed by atoms with Crippen LogP contribution in [-0.4, -0.2) is 36.9 Å². The van der Waals surface area contributed by atoms with Crippen LogP contribution in [-0.2, 0) is 9.53 Å². The summed E-state index contributed by atoms with van der Waals surface area (Å²) in [7, 11) is 0. The second-order valence-electron chi connectivity index (χ2n) is 4.44. The van der Waals surface area contributed by atoms with Gasteiger partial charge in [-0.05, 0) is 32.1 Å². The van der Waals surface area contributed by atoms with Crippen molar-refractivity contribution in [3.05, 3.63) is 0 Å². The first kappa shape index (κ1) is 13.5. The number of hydrogen-bond donors (Lipinski definition) is 2. The molecule has 2 N–H and O–H groups in total. The van der Waals surface area contributed by atoms with Gasteiger partial charge in [-0.3, -0.25) is 4.79 Å². The number of ether oxygens (including phenoxy) is 1. The topological polar surface area (TPSA) is 58.6 Å². The van der Waals surface area contributed by atoms with Crippen molar-refractivity contribution in [1.82, 2.24) is 5.32 Å². The highest BCUT2D eigenvalue weighted by Gasteiger charge is 2.20. The van der Waals surface area contributed by atoms with E-state index in [0.717, 1.165) is 25.7 Å². The van der Waals surface area contributed by atoms with Gasteiger partial charge in [-0.25, -0.2) is 0 Å². The zero-order chi connectivity index (χ0) is 11.8. The van der Waals surface area contributed by atoms with Gasteiger partial charge in [0.2, 0.25) is 5.91 Å². The summed E-state index contributed by atoms with van der Waals surface area (Å²) in [6, 6.07) is 0. The van der Waals surface area contributed by atoms with E-state index in [0.29, 0.717) is 32.1 Å². The third kappa shape index (κ3) is 5.47. The normalized spacial score (nSPS) is 25.4. The average molecular weight is 229 g/mol. The first-order chi connectivity index (χ1) is 7.72. The Kier molecular flexibility index (Phi) is 6.42. The van der Waals surface area contributed by atoms with Crippen molar-refractivity contribution in [2.75, 3.05) is 19.8 Å². The molecular formula is C12H23NO3. The number of carbonyl (C=O) groups excluding carboxylic acids is 1. The maximum Gasteiger partial charge on any atom is 0.222 e. The molecule has 0 aliphatic heterocycles. The number of hydrogen-bond acceptors (Lipinski definition) is 3. The van der Waals surface area contributed by atoms with Gasteiger partial charge in [-0.15, -0.1) is 0 Å². The smallest absolute Gasteiger partial charge is 0.222 e. The van der Waals surface area contributed by atoms with Crippen molar-refractivity contribution in [2.24, 2.45) is 5.92 Å². The molecule has 2 unspecified atom stereocenters. The maximum atomic E-state index is 11.4. The van der Waals surface area contributed by atoms with Crippen LogP contribution in [0, 0.1) is 5.92 Å². The highest BCUT2D eigenvalue weighted by Crippen LogP contribution is 2.23. The summed E-state index contributed by atoms with van der Waals surface area (Å²) >= 11 is 0. The Bertz CT molecular complexity index is 208. The molecule has 1 aliphatic carbocycles. The van der Waals surface area contributed by atoms with Crippen LogP contribution in [0.3, 0.4) is 0 Å². The summed E-state index contributed by atoms with van der Waals surface area (Å²) in [5.41, 5.74) is 0. The zero-order valence-corrected chi connectivity index (χ0v) is 10.1. The van der Waals surface area contributed by atoms with Crippen LogP contribution in [0.4, 0.5) is 0 Å². The van der Waals surface area contributed by atoms with Gasteiger partial charge in [0.05, 0.1) is 12.7 Å². The Balaban J connectivity index is 2.06. The Hall–Kier alpha value is -0.610. The van der Waals surface area contributed by atoms with Gasteiger partial charge in [0.25, 0.3) is 0 Å². The molecule has 1 fully saturated rings. The fourth-order valence-corrected chi connectivity index (χ4v) is 2.10. The minimum atomic E-state index is -0.168. The molecule has 0 saturated heterocycles. The summed E-state index contributed by atoms with van der Waals surface area (Å²) in [5, 5.41) is 12.4. The van der Waals surface area contributed by atoms with Crippen LogP contribution < -0.4 is 5.32 Å². The zero-order valence-electron chi connectivity index (χ0n) is 10.1. The van der Waals surface area contributed by atoms with Gasteiger partial charge in [-0.2, -0.15) is 0 Å². The molecule has 0 radical (unpaired) electrons. The van der Waals surface area contributed by atoms with Crippen LogP contribution >= 0.6 is 0 Å².